The number of aromatic nitrogens is 4. The van der Waals surface area contributed by atoms with Gasteiger partial charge >= 0.3 is 0 Å². The molecule has 2 heterocycles. The van der Waals surface area contributed by atoms with Crippen LogP contribution in [-0.4, -0.2) is 45.9 Å². The van der Waals surface area contributed by atoms with E-state index in [1.54, 1.807) is 19.4 Å². The van der Waals surface area contributed by atoms with Gasteiger partial charge in [0.05, 0.1) is 7.11 Å². The molecule has 164 valence electrons. The highest BCUT2D eigenvalue weighted by Crippen LogP contribution is 2.11. The molecule has 31 heavy (non-hydrogen) atoms. The number of aliphatic imine (C=N–C) groups is 1. The van der Waals surface area contributed by atoms with Gasteiger partial charge in [-0.3, -0.25) is 0 Å². The summed E-state index contributed by atoms with van der Waals surface area (Å²) in [5.74, 6) is 3.27. The van der Waals surface area contributed by atoms with E-state index in [1.165, 1.54) is 5.56 Å². The molecule has 0 amide bonds. The van der Waals surface area contributed by atoms with Crippen molar-refractivity contribution < 1.29 is 4.74 Å². The largest absolute Gasteiger partial charge is 0.497 e. The van der Waals surface area contributed by atoms with Gasteiger partial charge in [0.1, 0.15) is 23.3 Å². The van der Waals surface area contributed by atoms with Crippen LogP contribution in [0.5, 0.6) is 5.75 Å². The van der Waals surface area contributed by atoms with Gasteiger partial charge in [-0.05, 0) is 49.1 Å². The number of aryl methyl sites for hydroxylation is 1. The van der Waals surface area contributed by atoms with Crippen molar-refractivity contribution in [3.8, 4) is 5.75 Å². The van der Waals surface area contributed by atoms with E-state index in [1.807, 2.05) is 36.7 Å². The SMILES string of the molecule is COc1ccc(CCNC(=NCc2nnc(C)n2C)NCCc2ccc(Cl)nc2)cc1. The molecule has 0 aliphatic heterocycles. The Labute approximate surface area is 187 Å². The number of benzene rings is 1. The van der Waals surface area contributed by atoms with Crippen LogP contribution in [0.2, 0.25) is 5.15 Å². The van der Waals surface area contributed by atoms with Crippen LogP contribution in [0.25, 0.3) is 0 Å². The molecule has 1 aromatic carbocycles. The minimum atomic E-state index is 0.442. The Bertz CT molecular complexity index is 984. The molecule has 2 aromatic heterocycles. The fourth-order valence-corrected chi connectivity index (χ4v) is 3.02. The van der Waals surface area contributed by atoms with Gasteiger partial charge in [0.25, 0.3) is 0 Å². The number of rotatable bonds is 9. The summed E-state index contributed by atoms with van der Waals surface area (Å²) < 4.78 is 7.16. The van der Waals surface area contributed by atoms with Crippen LogP contribution in [0.1, 0.15) is 22.8 Å². The van der Waals surface area contributed by atoms with Crippen molar-refractivity contribution in [3.63, 3.8) is 0 Å². The monoisotopic (exact) mass is 441 g/mol. The van der Waals surface area contributed by atoms with E-state index in [0.29, 0.717) is 11.7 Å². The third kappa shape index (κ3) is 6.96. The minimum absolute atomic E-state index is 0.442. The summed E-state index contributed by atoms with van der Waals surface area (Å²) in [6, 6.07) is 11.9. The number of pyridine rings is 1. The first-order valence-electron chi connectivity index (χ1n) is 10.2. The van der Waals surface area contributed by atoms with Crippen molar-refractivity contribution >= 4 is 17.6 Å². The first-order chi connectivity index (χ1) is 15.0. The van der Waals surface area contributed by atoms with Crippen LogP contribution in [-0.2, 0) is 26.4 Å². The summed E-state index contributed by atoms with van der Waals surface area (Å²) >= 11 is 5.86. The molecule has 0 fully saturated rings. The zero-order chi connectivity index (χ0) is 22.1. The van der Waals surface area contributed by atoms with Gasteiger partial charge in [-0.15, -0.1) is 10.2 Å². The predicted molar refractivity (Wildman–Crippen MR) is 123 cm³/mol. The van der Waals surface area contributed by atoms with Crippen molar-refractivity contribution in [2.45, 2.75) is 26.3 Å². The average Bonchev–Trinajstić information content (AvgIpc) is 3.11. The second-order valence-corrected chi connectivity index (χ2v) is 7.47. The molecule has 0 unspecified atom stereocenters. The number of hydrogen-bond acceptors (Lipinski definition) is 5. The number of hydrogen-bond donors (Lipinski definition) is 2. The normalized spacial score (nSPS) is 11.4. The molecule has 0 aliphatic rings. The molecular formula is C22H28ClN7O. The van der Waals surface area contributed by atoms with Crippen LogP contribution in [0.4, 0.5) is 0 Å². The maximum absolute atomic E-state index is 5.86. The maximum Gasteiger partial charge on any atom is 0.191 e. The number of methoxy groups -OCH3 is 1. The summed E-state index contributed by atoms with van der Waals surface area (Å²) in [5, 5.41) is 15.6. The smallest absolute Gasteiger partial charge is 0.191 e. The van der Waals surface area contributed by atoms with Crippen molar-refractivity contribution in [2.75, 3.05) is 20.2 Å². The fourth-order valence-electron chi connectivity index (χ4n) is 2.91. The van der Waals surface area contributed by atoms with Crippen LogP contribution in [0.3, 0.4) is 0 Å². The zero-order valence-corrected chi connectivity index (χ0v) is 18.9. The first-order valence-corrected chi connectivity index (χ1v) is 10.5. The molecule has 0 aliphatic carbocycles. The predicted octanol–water partition coefficient (Wildman–Crippen LogP) is 2.70. The molecule has 0 atom stereocenters. The Morgan fingerprint density at radius 1 is 1.03 bits per heavy atom. The molecule has 9 heteroatoms. The molecule has 0 saturated heterocycles. The van der Waals surface area contributed by atoms with Gasteiger partial charge in [-0.2, -0.15) is 0 Å². The lowest BCUT2D eigenvalue weighted by atomic mass is 10.1. The molecular weight excluding hydrogens is 414 g/mol. The van der Waals surface area contributed by atoms with Crippen LogP contribution in [0.15, 0.2) is 47.6 Å². The van der Waals surface area contributed by atoms with E-state index in [-0.39, 0.29) is 0 Å². The topological polar surface area (TPSA) is 89.2 Å². The summed E-state index contributed by atoms with van der Waals surface area (Å²) in [6.45, 7) is 3.83. The van der Waals surface area contributed by atoms with Gasteiger partial charge in [0, 0.05) is 26.3 Å². The zero-order valence-electron chi connectivity index (χ0n) is 18.1. The summed E-state index contributed by atoms with van der Waals surface area (Å²) in [5.41, 5.74) is 2.34. The van der Waals surface area contributed by atoms with E-state index >= 15 is 0 Å². The third-order valence-electron chi connectivity index (χ3n) is 4.92. The van der Waals surface area contributed by atoms with Crippen molar-refractivity contribution in [1.29, 1.82) is 0 Å². The fraction of sp³-hybridized carbons (Fsp3) is 0.364. The molecule has 2 N–H and O–H groups in total. The number of halogens is 1. The van der Waals surface area contributed by atoms with Crippen LogP contribution in [0, 0.1) is 6.92 Å². The number of ether oxygens (including phenoxy) is 1. The van der Waals surface area contributed by atoms with E-state index in [9.17, 15) is 0 Å². The molecule has 0 bridgehead atoms. The van der Waals surface area contributed by atoms with Crippen LogP contribution >= 0.6 is 11.6 Å². The Morgan fingerprint density at radius 3 is 2.29 bits per heavy atom. The van der Waals surface area contributed by atoms with Gasteiger partial charge in [-0.25, -0.2) is 9.98 Å². The van der Waals surface area contributed by atoms with E-state index in [0.717, 1.165) is 54.9 Å². The molecule has 0 radical (unpaired) electrons. The third-order valence-corrected chi connectivity index (χ3v) is 5.14. The van der Waals surface area contributed by atoms with Crippen molar-refractivity contribution in [3.05, 3.63) is 70.5 Å². The molecule has 3 rings (SSSR count). The number of nitrogens with zero attached hydrogens (tertiary/aromatic N) is 5. The van der Waals surface area contributed by atoms with Gasteiger partial charge in [0.15, 0.2) is 11.8 Å². The van der Waals surface area contributed by atoms with Crippen molar-refractivity contribution in [2.24, 2.45) is 12.0 Å². The lowest BCUT2D eigenvalue weighted by Crippen LogP contribution is -2.39. The first kappa shape index (κ1) is 22.6. The Hall–Kier alpha value is -3.13. The average molecular weight is 442 g/mol. The summed E-state index contributed by atoms with van der Waals surface area (Å²) in [4.78, 5) is 8.81. The summed E-state index contributed by atoms with van der Waals surface area (Å²) in [6.07, 6.45) is 3.47. The van der Waals surface area contributed by atoms with Gasteiger partial charge in [-0.1, -0.05) is 29.8 Å². The highest BCUT2D eigenvalue weighted by molar-refractivity contribution is 6.29. The van der Waals surface area contributed by atoms with E-state index in [4.69, 9.17) is 16.3 Å². The highest BCUT2D eigenvalue weighted by Gasteiger charge is 2.06. The number of guanidine groups is 1. The Morgan fingerprint density at radius 2 is 1.71 bits per heavy atom. The maximum atomic E-state index is 5.86. The lowest BCUT2D eigenvalue weighted by Gasteiger charge is -2.13. The quantitative estimate of drug-likeness (QED) is 0.301. The molecule has 8 nitrogen and oxygen atoms in total. The molecule has 3 aromatic rings. The standard InChI is InChI=1S/C22H28ClN7O/c1-16-28-29-21(30(16)2)15-27-22(25-13-11-18-6-9-20(23)26-14-18)24-12-10-17-4-7-19(31-3)8-5-17/h4-9,14H,10-13,15H2,1-3H3,(H2,24,25,27). The van der Waals surface area contributed by atoms with Crippen molar-refractivity contribution in [1.82, 2.24) is 30.4 Å². The van der Waals surface area contributed by atoms with E-state index < -0.39 is 0 Å². The van der Waals surface area contributed by atoms with Gasteiger partial charge in [0.2, 0.25) is 0 Å². The van der Waals surface area contributed by atoms with Gasteiger partial charge < -0.3 is 19.9 Å². The molecule has 0 spiro atoms. The second kappa shape index (κ2) is 11.3. The molecule has 0 saturated carbocycles. The number of nitrogens with one attached hydrogen (secondary N) is 2. The Kier molecular flexibility index (Phi) is 8.23. The van der Waals surface area contributed by atoms with E-state index in [2.05, 4.69) is 42.9 Å². The summed E-state index contributed by atoms with van der Waals surface area (Å²) in [7, 11) is 3.61. The highest BCUT2D eigenvalue weighted by atomic mass is 35.5. The lowest BCUT2D eigenvalue weighted by molar-refractivity contribution is 0.414. The minimum Gasteiger partial charge on any atom is -0.497 e. The second-order valence-electron chi connectivity index (χ2n) is 7.08. The van der Waals surface area contributed by atoms with Crippen LogP contribution < -0.4 is 15.4 Å². The Balaban J connectivity index is 1.57.